The molecular weight excluding hydrogens is 305 g/mol. The second-order valence-electron chi connectivity index (χ2n) is 5.83. The lowest BCUT2D eigenvalue weighted by atomic mass is 10.0. The number of rotatable bonds is 1. The summed E-state index contributed by atoms with van der Waals surface area (Å²) < 4.78 is 14.6. The molecule has 3 heterocycles. The molecule has 23 heavy (non-hydrogen) atoms. The van der Waals surface area contributed by atoms with Gasteiger partial charge in [0.15, 0.2) is 0 Å². The molecule has 1 aromatic rings. The molecule has 1 atom stereocenters. The van der Waals surface area contributed by atoms with Crippen LogP contribution in [0.15, 0.2) is 6.07 Å². The highest BCUT2D eigenvalue weighted by molar-refractivity contribution is 6.07. The highest BCUT2D eigenvalue weighted by atomic mass is 19.1. The van der Waals surface area contributed by atoms with Crippen LogP contribution in [0.25, 0.3) is 0 Å². The minimum absolute atomic E-state index is 0.0535. The maximum atomic E-state index is 14.6. The average molecular weight is 317 g/mol. The van der Waals surface area contributed by atoms with Crippen LogP contribution < -0.4 is 10.6 Å². The molecule has 1 unspecified atom stereocenters. The van der Waals surface area contributed by atoms with Crippen molar-refractivity contribution < 1.29 is 23.6 Å². The normalized spacial score (nSPS) is 22.8. The molecule has 0 aromatic heterocycles. The quantitative estimate of drug-likeness (QED) is 0.703. The number of hydrogen-bond donors (Lipinski definition) is 2. The average Bonchev–Trinajstić information content (AvgIpc) is 3.02. The Labute approximate surface area is 129 Å². The summed E-state index contributed by atoms with van der Waals surface area (Å²) in [6.07, 6.45) is 0.351. The van der Waals surface area contributed by atoms with E-state index in [9.17, 15) is 23.6 Å². The van der Waals surface area contributed by atoms with E-state index in [4.69, 9.17) is 0 Å². The van der Waals surface area contributed by atoms with Crippen molar-refractivity contribution in [1.29, 1.82) is 0 Å². The number of amides is 4. The molecule has 3 aliphatic heterocycles. The smallest absolute Gasteiger partial charge is 0.258 e. The van der Waals surface area contributed by atoms with Crippen LogP contribution in [0.3, 0.4) is 0 Å². The monoisotopic (exact) mass is 317 g/mol. The van der Waals surface area contributed by atoms with E-state index in [-0.39, 0.29) is 54.4 Å². The first-order valence-corrected chi connectivity index (χ1v) is 7.24. The predicted molar refractivity (Wildman–Crippen MR) is 73.6 cm³/mol. The predicted octanol–water partition coefficient (Wildman–Crippen LogP) is -0.170. The van der Waals surface area contributed by atoms with Crippen LogP contribution in [0, 0.1) is 5.82 Å². The van der Waals surface area contributed by atoms with Gasteiger partial charge in [-0.05, 0) is 18.1 Å². The van der Waals surface area contributed by atoms with E-state index >= 15 is 0 Å². The topological polar surface area (TPSA) is 95.6 Å². The number of carbonyl (C=O) groups excluding carboxylic acids is 4. The Bertz CT molecular complexity index is 804. The molecule has 8 heteroatoms. The van der Waals surface area contributed by atoms with Crippen LogP contribution in [0.4, 0.5) is 4.39 Å². The van der Waals surface area contributed by atoms with Crippen LogP contribution in [-0.2, 0) is 22.7 Å². The fourth-order valence-corrected chi connectivity index (χ4v) is 3.37. The molecule has 0 saturated carbocycles. The zero-order valence-electron chi connectivity index (χ0n) is 11.9. The van der Waals surface area contributed by atoms with Crippen LogP contribution in [0.5, 0.6) is 0 Å². The number of hydrogen-bond acceptors (Lipinski definition) is 4. The van der Waals surface area contributed by atoms with Crippen molar-refractivity contribution in [3.63, 3.8) is 0 Å². The number of nitrogens with one attached hydrogen (secondary N) is 2. The third-order valence-electron chi connectivity index (χ3n) is 4.52. The number of piperidine rings is 1. The molecule has 0 aliphatic carbocycles. The first-order valence-electron chi connectivity index (χ1n) is 7.24. The number of imide groups is 1. The molecular formula is C15H12FN3O4. The van der Waals surface area contributed by atoms with Gasteiger partial charge in [0.25, 0.3) is 11.8 Å². The molecule has 1 fully saturated rings. The number of carbonyl (C=O) groups is 4. The van der Waals surface area contributed by atoms with Gasteiger partial charge in [-0.2, -0.15) is 0 Å². The van der Waals surface area contributed by atoms with Crippen LogP contribution in [-0.4, -0.2) is 34.6 Å². The summed E-state index contributed by atoms with van der Waals surface area (Å²) in [5.41, 5.74) is 0.740. The van der Waals surface area contributed by atoms with Gasteiger partial charge in [-0.1, -0.05) is 0 Å². The lowest BCUT2D eigenvalue weighted by Gasteiger charge is -2.29. The Hall–Kier alpha value is -2.77. The molecule has 4 rings (SSSR count). The van der Waals surface area contributed by atoms with Crippen LogP contribution in [0.1, 0.15) is 44.7 Å². The highest BCUT2D eigenvalue weighted by Crippen LogP contribution is 2.33. The lowest BCUT2D eigenvalue weighted by molar-refractivity contribution is -0.136. The van der Waals surface area contributed by atoms with E-state index in [2.05, 4.69) is 10.6 Å². The van der Waals surface area contributed by atoms with Crippen LogP contribution in [0.2, 0.25) is 0 Å². The van der Waals surface area contributed by atoms with E-state index in [1.54, 1.807) is 0 Å². The van der Waals surface area contributed by atoms with E-state index in [0.717, 1.165) is 0 Å². The van der Waals surface area contributed by atoms with Crippen molar-refractivity contribution in [3.05, 3.63) is 34.1 Å². The summed E-state index contributed by atoms with van der Waals surface area (Å²) in [5, 5.41) is 4.72. The Morgan fingerprint density at radius 1 is 1.22 bits per heavy atom. The summed E-state index contributed by atoms with van der Waals surface area (Å²) in [5.74, 6) is -2.57. The van der Waals surface area contributed by atoms with Gasteiger partial charge in [0, 0.05) is 30.6 Å². The SMILES string of the molecule is O=C1CCC(N2Cc3cc4c(c(F)c3C2=O)CNC4=O)C(=O)N1. The molecule has 118 valence electrons. The molecule has 1 saturated heterocycles. The molecule has 4 amide bonds. The minimum Gasteiger partial charge on any atom is -0.348 e. The first kappa shape index (κ1) is 13.9. The fourth-order valence-electron chi connectivity index (χ4n) is 3.37. The summed E-state index contributed by atoms with van der Waals surface area (Å²) >= 11 is 0. The van der Waals surface area contributed by atoms with Gasteiger partial charge in [0.1, 0.15) is 11.9 Å². The van der Waals surface area contributed by atoms with Gasteiger partial charge in [-0.3, -0.25) is 24.5 Å². The van der Waals surface area contributed by atoms with Gasteiger partial charge in [0.2, 0.25) is 11.8 Å². The van der Waals surface area contributed by atoms with Gasteiger partial charge in [0.05, 0.1) is 5.56 Å². The third-order valence-corrected chi connectivity index (χ3v) is 4.52. The molecule has 3 aliphatic rings. The maximum absolute atomic E-state index is 14.6. The van der Waals surface area contributed by atoms with Crippen molar-refractivity contribution in [2.24, 2.45) is 0 Å². The number of benzene rings is 1. The van der Waals surface area contributed by atoms with E-state index in [0.29, 0.717) is 5.56 Å². The summed E-state index contributed by atoms with van der Waals surface area (Å²) in [6.45, 7) is 0.108. The van der Waals surface area contributed by atoms with Gasteiger partial charge in [-0.15, -0.1) is 0 Å². The maximum Gasteiger partial charge on any atom is 0.258 e. The van der Waals surface area contributed by atoms with E-state index in [1.807, 2.05) is 0 Å². The number of halogens is 1. The Balaban J connectivity index is 1.72. The van der Waals surface area contributed by atoms with Crippen molar-refractivity contribution in [2.75, 3.05) is 0 Å². The molecule has 0 radical (unpaired) electrons. The van der Waals surface area contributed by atoms with E-state index in [1.165, 1.54) is 11.0 Å². The largest absolute Gasteiger partial charge is 0.348 e. The second kappa shape index (κ2) is 4.61. The standard InChI is InChI=1S/C15H12FN3O4/c16-12-8-4-17-13(21)7(8)3-6-5-19(15(23)11(6)12)9-1-2-10(20)18-14(9)22/h3,9H,1-2,4-5H2,(H,17,21)(H,18,20,22). The Morgan fingerprint density at radius 2 is 2.00 bits per heavy atom. The first-order chi connectivity index (χ1) is 11.0. The van der Waals surface area contributed by atoms with Crippen LogP contribution >= 0.6 is 0 Å². The van der Waals surface area contributed by atoms with Crippen molar-refractivity contribution >= 4 is 23.6 Å². The van der Waals surface area contributed by atoms with Crippen molar-refractivity contribution in [3.8, 4) is 0 Å². The highest BCUT2D eigenvalue weighted by Gasteiger charge is 2.42. The zero-order chi connectivity index (χ0) is 16.3. The molecule has 0 spiro atoms. The lowest BCUT2D eigenvalue weighted by Crippen LogP contribution is -2.52. The van der Waals surface area contributed by atoms with Crippen molar-refractivity contribution in [2.45, 2.75) is 32.0 Å². The van der Waals surface area contributed by atoms with Crippen molar-refractivity contribution in [1.82, 2.24) is 15.5 Å². The zero-order valence-corrected chi connectivity index (χ0v) is 11.9. The van der Waals surface area contributed by atoms with Gasteiger partial charge < -0.3 is 10.2 Å². The molecule has 2 N–H and O–H groups in total. The minimum atomic E-state index is -0.796. The fraction of sp³-hybridized carbons (Fsp3) is 0.333. The number of fused-ring (bicyclic) bond motifs is 2. The Morgan fingerprint density at radius 3 is 2.74 bits per heavy atom. The van der Waals surface area contributed by atoms with Gasteiger partial charge in [-0.25, -0.2) is 4.39 Å². The summed E-state index contributed by atoms with van der Waals surface area (Å²) in [4.78, 5) is 48.7. The summed E-state index contributed by atoms with van der Waals surface area (Å²) in [6, 6.07) is 0.718. The molecule has 1 aromatic carbocycles. The second-order valence-corrected chi connectivity index (χ2v) is 5.83. The van der Waals surface area contributed by atoms with Gasteiger partial charge >= 0.3 is 0 Å². The molecule has 0 bridgehead atoms. The third kappa shape index (κ3) is 1.87. The summed E-state index contributed by atoms with van der Waals surface area (Å²) in [7, 11) is 0. The number of nitrogens with zero attached hydrogens (tertiary/aromatic N) is 1. The molecule has 7 nitrogen and oxygen atoms in total. The Kier molecular flexibility index (Phi) is 2.78. The van der Waals surface area contributed by atoms with E-state index < -0.39 is 23.7 Å².